The molecule has 0 saturated heterocycles. The topological polar surface area (TPSA) is 59.4 Å². The van der Waals surface area contributed by atoms with Gasteiger partial charge in [-0.15, -0.1) is 0 Å². The second-order valence-corrected chi connectivity index (χ2v) is 4.14. The fraction of sp³-hybridized carbons (Fsp3) is 0.0769. The van der Waals surface area contributed by atoms with Gasteiger partial charge in [-0.1, -0.05) is 23.7 Å². The Hall–Kier alpha value is -2.07. The number of hydrogen-bond acceptors (Lipinski definition) is 3. The van der Waals surface area contributed by atoms with Crippen molar-refractivity contribution in [1.82, 2.24) is 4.98 Å². The highest BCUT2D eigenvalue weighted by atomic mass is 35.5. The summed E-state index contributed by atoms with van der Waals surface area (Å²) >= 11 is 5.91. The second kappa shape index (κ2) is 5.06. The van der Waals surface area contributed by atoms with E-state index in [-0.39, 0.29) is 16.5 Å². The van der Waals surface area contributed by atoms with Crippen LogP contribution in [0.4, 0.5) is 0 Å². The molecule has 0 radical (unpaired) electrons. The van der Waals surface area contributed by atoms with E-state index in [0.29, 0.717) is 5.75 Å². The Morgan fingerprint density at radius 3 is 2.78 bits per heavy atom. The normalized spacial score (nSPS) is 10.1. The minimum absolute atomic E-state index is 0.0246. The molecule has 0 spiro atoms. The Labute approximate surface area is 109 Å². The van der Waals surface area contributed by atoms with Gasteiger partial charge in [-0.05, 0) is 30.7 Å². The van der Waals surface area contributed by atoms with Gasteiger partial charge in [-0.3, -0.25) is 0 Å². The van der Waals surface area contributed by atoms with Crippen LogP contribution >= 0.6 is 11.6 Å². The minimum atomic E-state index is -1.08. The molecule has 0 aliphatic carbocycles. The molecule has 2 rings (SSSR count). The first-order chi connectivity index (χ1) is 8.56. The number of halogens is 1. The summed E-state index contributed by atoms with van der Waals surface area (Å²) in [5.74, 6) is -0.286. The van der Waals surface area contributed by atoms with Gasteiger partial charge in [0.05, 0.1) is 5.56 Å². The van der Waals surface area contributed by atoms with Crippen LogP contribution in [-0.4, -0.2) is 16.1 Å². The van der Waals surface area contributed by atoms with Crippen LogP contribution in [0.25, 0.3) is 0 Å². The van der Waals surface area contributed by atoms with Crippen LogP contribution in [0.1, 0.15) is 15.9 Å². The lowest BCUT2D eigenvalue weighted by molar-refractivity contribution is 0.0696. The van der Waals surface area contributed by atoms with Gasteiger partial charge in [0.1, 0.15) is 10.8 Å². The number of carboxylic acids is 1. The number of pyridine rings is 1. The Bertz CT molecular complexity index is 599. The Balaban J connectivity index is 2.27. The summed E-state index contributed by atoms with van der Waals surface area (Å²) < 4.78 is 5.49. The minimum Gasteiger partial charge on any atom is -0.478 e. The maximum absolute atomic E-state index is 10.7. The molecule has 0 aliphatic heterocycles. The van der Waals surface area contributed by atoms with Gasteiger partial charge in [-0.2, -0.15) is 0 Å². The second-order valence-electron chi connectivity index (χ2n) is 3.73. The average Bonchev–Trinajstić information content (AvgIpc) is 2.31. The number of aromatic nitrogens is 1. The van der Waals surface area contributed by atoms with Crippen LogP contribution in [0.5, 0.6) is 11.6 Å². The van der Waals surface area contributed by atoms with Crippen molar-refractivity contribution < 1.29 is 14.6 Å². The predicted octanol–water partition coefficient (Wildman–Crippen LogP) is 3.53. The number of carboxylic acid groups (broad SMARTS) is 1. The number of benzene rings is 1. The molecule has 4 nitrogen and oxygen atoms in total. The third-order valence-electron chi connectivity index (χ3n) is 2.26. The zero-order valence-electron chi connectivity index (χ0n) is 9.55. The quantitative estimate of drug-likeness (QED) is 0.920. The highest BCUT2D eigenvalue weighted by molar-refractivity contribution is 6.32. The molecule has 2 aromatic rings. The maximum atomic E-state index is 10.7. The molecular formula is C13H10ClNO3. The third kappa shape index (κ3) is 2.78. The van der Waals surface area contributed by atoms with Crippen LogP contribution in [0.2, 0.25) is 5.02 Å². The molecule has 0 saturated carbocycles. The van der Waals surface area contributed by atoms with Crippen LogP contribution in [0.3, 0.4) is 0 Å². The van der Waals surface area contributed by atoms with E-state index >= 15 is 0 Å². The van der Waals surface area contributed by atoms with Crippen molar-refractivity contribution in [1.29, 1.82) is 0 Å². The van der Waals surface area contributed by atoms with Crippen LogP contribution < -0.4 is 4.74 Å². The highest BCUT2D eigenvalue weighted by Gasteiger charge is 2.10. The Kier molecular flexibility index (Phi) is 3.48. The van der Waals surface area contributed by atoms with Crippen LogP contribution in [0, 0.1) is 6.92 Å². The van der Waals surface area contributed by atoms with Crippen molar-refractivity contribution in [3.63, 3.8) is 0 Å². The van der Waals surface area contributed by atoms with Crippen molar-refractivity contribution in [2.24, 2.45) is 0 Å². The predicted molar refractivity (Wildman–Crippen MR) is 67.5 cm³/mol. The molecule has 0 amide bonds. The monoisotopic (exact) mass is 263 g/mol. The van der Waals surface area contributed by atoms with Gasteiger partial charge >= 0.3 is 5.97 Å². The molecule has 92 valence electrons. The maximum Gasteiger partial charge on any atom is 0.337 e. The van der Waals surface area contributed by atoms with E-state index in [4.69, 9.17) is 21.4 Å². The molecule has 1 aromatic carbocycles. The van der Waals surface area contributed by atoms with E-state index < -0.39 is 5.97 Å². The van der Waals surface area contributed by atoms with Gasteiger partial charge in [0, 0.05) is 6.20 Å². The fourth-order valence-electron chi connectivity index (χ4n) is 1.41. The summed E-state index contributed by atoms with van der Waals surface area (Å²) in [5.41, 5.74) is 1.07. The van der Waals surface area contributed by atoms with Gasteiger partial charge in [0.2, 0.25) is 5.88 Å². The molecule has 18 heavy (non-hydrogen) atoms. The van der Waals surface area contributed by atoms with E-state index in [9.17, 15) is 4.79 Å². The highest BCUT2D eigenvalue weighted by Crippen LogP contribution is 2.27. The van der Waals surface area contributed by atoms with Crippen molar-refractivity contribution in [3.8, 4) is 11.6 Å². The SMILES string of the molecule is Cc1cccc(Oc2ncc(C(=O)O)cc2Cl)c1. The summed E-state index contributed by atoms with van der Waals surface area (Å²) in [6.07, 6.45) is 1.21. The summed E-state index contributed by atoms with van der Waals surface area (Å²) in [7, 11) is 0. The van der Waals surface area contributed by atoms with Crippen molar-refractivity contribution in [3.05, 3.63) is 52.7 Å². The lowest BCUT2D eigenvalue weighted by atomic mass is 10.2. The molecule has 0 aliphatic rings. The fourth-order valence-corrected chi connectivity index (χ4v) is 1.61. The van der Waals surface area contributed by atoms with Gasteiger partial charge < -0.3 is 9.84 Å². The number of hydrogen-bond donors (Lipinski definition) is 1. The summed E-state index contributed by atoms with van der Waals surface area (Å²) in [6, 6.07) is 8.71. The van der Waals surface area contributed by atoms with Gasteiger partial charge in [-0.25, -0.2) is 9.78 Å². The molecule has 1 aromatic heterocycles. The van der Waals surface area contributed by atoms with Crippen molar-refractivity contribution in [2.75, 3.05) is 0 Å². The van der Waals surface area contributed by atoms with E-state index in [0.717, 1.165) is 5.56 Å². The summed E-state index contributed by atoms with van der Waals surface area (Å²) in [6.45, 7) is 1.94. The number of carbonyl (C=O) groups is 1. The van der Waals surface area contributed by atoms with Crippen LogP contribution in [-0.2, 0) is 0 Å². The molecule has 0 bridgehead atoms. The third-order valence-corrected chi connectivity index (χ3v) is 2.53. The summed E-state index contributed by atoms with van der Waals surface area (Å²) in [4.78, 5) is 14.6. The number of nitrogens with zero attached hydrogens (tertiary/aromatic N) is 1. The Morgan fingerprint density at radius 2 is 2.17 bits per heavy atom. The lowest BCUT2D eigenvalue weighted by Gasteiger charge is -2.07. The molecule has 1 heterocycles. The molecular weight excluding hydrogens is 254 g/mol. The van der Waals surface area contributed by atoms with E-state index in [2.05, 4.69) is 4.98 Å². The first kappa shape index (κ1) is 12.4. The lowest BCUT2D eigenvalue weighted by Crippen LogP contribution is -1.98. The molecule has 1 N–H and O–H groups in total. The van der Waals surface area contributed by atoms with E-state index in [1.54, 1.807) is 6.07 Å². The van der Waals surface area contributed by atoms with Crippen molar-refractivity contribution in [2.45, 2.75) is 6.92 Å². The van der Waals surface area contributed by atoms with E-state index in [1.807, 2.05) is 25.1 Å². The van der Waals surface area contributed by atoms with Gasteiger partial charge in [0.15, 0.2) is 0 Å². The molecule has 0 atom stereocenters. The standard InChI is InChI=1S/C13H10ClNO3/c1-8-3-2-4-10(5-8)18-12-11(14)6-9(7-15-12)13(16)17/h2-7H,1H3,(H,16,17). The zero-order valence-corrected chi connectivity index (χ0v) is 10.3. The molecule has 0 fully saturated rings. The van der Waals surface area contributed by atoms with Crippen LogP contribution in [0.15, 0.2) is 36.5 Å². The first-order valence-corrected chi connectivity index (χ1v) is 5.57. The number of aryl methyl sites for hydroxylation is 1. The first-order valence-electron chi connectivity index (χ1n) is 5.19. The Morgan fingerprint density at radius 1 is 1.39 bits per heavy atom. The zero-order chi connectivity index (χ0) is 13.1. The number of ether oxygens (including phenoxy) is 1. The molecule has 0 unspecified atom stereocenters. The number of rotatable bonds is 3. The van der Waals surface area contributed by atoms with Gasteiger partial charge in [0.25, 0.3) is 0 Å². The van der Waals surface area contributed by atoms with E-state index in [1.165, 1.54) is 12.3 Å². The number of aromatic carboxylic acids is 1. The largest absolute Gasteiger partial charge is 0.478 e. The smallest absolute Gasteiger partial charge is 0.337 e. The molecule has 5 heteroatoms. The summed E-state index contributed by atoms with van der Waals surface area (Å²) in [5, 5.41) is 8.95. The average molecular weight is 264 g/mol. The van der Waals surface area contributed by atoms with Crippen molar-refractivity contribution >= 4 is 17.6 Å².